The Morgan fingerprint density at radius 3 is 2.23 bits per heavy atom. The van der Waals surface area contributed by atoms with Crippen molar-refractivity contribution in [3.05, 3.63) is 0 Å². The standard InChI is InChI=1S/C12H24O/c1-5-11(4)13-12-9(2)7-6-8-10(12)3/h9-12H,5-8H2,1-4H3. The van der Waals surface area contributed by atoms with Crippen molar-refractivity contribution < 1.29 is 4.74 Å². The zero-order valence-corrected chi connectivity index (χ0v) is 9.55. The summed E-state index contributed by atoms with van der Waals surface area (Å²) < 4.78 is 6.06. The van der Waals surface area contributed by atoms with Gasteiger partial charge in [-0.25, -0.2) is 0 Å². The SMILES string of the molecule is CCC(C)OC1C(C)CCCC1C. The highest BCUT2D eigenvalue weighted by Crippen LogP contribution is 2.32. The lowest BCUT2D eigenvalue weighted by molar-refractivity contribution is -0.0757. The summed E-state index contributed by atoms with van der Waals surface area (Å²) >= 11 is 0. The molecular weight excluding hydrogens is 160 g/mol. The predicted octanol–water partition coefficient (Wildman–Crippen LogP) is 3.63. The van der Waals surface area contributed by atoms with Crippen LogP contribution in [-0.2, 0) is 4.74 Å². The van der Waals surface area contributed by atoms with Gasteiger partial charge in [-0.05, 0) is 38.0 Å². The number of hydrogen-bond acceptors (Lipinski definition) is 1. The van der Waals surface area contributed by atoms with Crippen molar-refractivity contribution in [2.75, 3.05) is 0 Å². The number of hydrogen-bond donors (Lipinski definition) is 0. The first-order chi connectivity index (χ1) is 6.15. The highest BCUT2D eigenvalue weighted by molar-refractivity contribution is 4.78. The minimum absolute atomic E-state index is 0.438. The molecule has 0 saturated heterocycles. The Kier molecular flexibility index (Phi) is 4.24. The zero-order valence-electron chi connectivity index (χ0n) is 9.55. The molecule has 1 aliphatic carbocycles. The van der Waals surface area contributed by atoms with Crippen LogP contribution in [0.3, 0.4) is 0 Å². The first-order valence-electron chi connectivity index (χ1n) is 5.80. The van der Waals surface area contributed by atoms with Gasteiger partial charge in [0, 0.05) is 0 Å². The molecule has 1 rings (SSSR count). The molecule has 3 atom stereocenters. The van der Waals surface area contributed by atoms with E-state index in [1.807, 2.05) is 0 Å². The first kappa shape index (κ1) is 11.0. The Hall–Kier alpha value is -0.0400. The zero-order chi connectivity index (χ0) is 9.84. The largest absolute Gasteiger partial charge is 0.375 e. The molecule has 0 bridgehead atoms. The maximum Gasteiger partial charge on any atom is 0.0629 e. The van der Waals surface area contributed by atoms with E-state index in [0.717, 1.165) is 18.3 Å². The summed E-state index contributed by atoms with van der Waals surface area (Å²) in [4.78, 5) is 0. The normalized spacial score (nSPS) is 37.4. The van der Waals surface area contributed by atoms with Crippen LogP contribution in [-0.4, -0.2) is 12.2 Å². The van der Waals surface area contributed by atoms with Gasteiger partial charge >= 0.3 is 0 Å². The van der Waals surface area contributed by atoms with E-state index in [2.05, 4.69) is 27.7 Å². The van der Waals surface area contributed by atoms with E-state index in [1.165, 1.54) is 19.3 Å². The summed E-state index contributed by atoms with van der Waals surface area (Å²) in [7, 11) is 0. The van der Waals surface area contributed by atoms with Crippen molar-refractivity contribution in [3.8, 4) is 0 Å². The molecule has 0 aromatic carbocycles. The number of ether oxygens (including phenoxy) is 1. The lowest BCUT2D eigenvalue weighted by Crippen LogP contribution is -2.35. The van der Waals surface area contributed by atoms with Gasteiger partial charge < -0.3 is 4.74 Å². The van der Waals surface area contributed by atoms with Crippen molar-refractivity contribution in [3.63, 3.8) is 0 Å². The summed E-state index contributed by atoms with van der Waals surface area (Å²) in [5.74, 6) is 1.52. The average Bonchev–Trinajstić information content (AvgIpc) is 2.11. The molecule has 13 heavy (non-hydrogen) atoms. The Balaban J connectivity index is 2.43. The van der Waals surface area contributed by atoms with Crippen molar-refractivity contribution in [1.29, 1.82) is 0 Å². The maximum atomic E-state index is 6.06. The maximum absolute atomic E-state index is 6.06. The van der Waals surface area contributed by atoms with Gasteiger partial charge in [0.15, 0.2) is 0 Å². The molecule has 1 fully saturated rings. The quantitative estimate of drug-likeness (QED) is 0.651. The van der Waals surface area contributed by atoms with Crippen LogP contribution >= 0.6 is 0 Å². The molecule has 0 heterocycles. The summed E-state index contributed by atoms with van der Waals surface area (Å²) in [6.07, 6.45) is 6.19. The molecule has 0 aliphatic heterocycles. The van der Waals surface area contributed by atoms with Crippen LogP contribution < -0.4 is 0 Å². The highest BCUT2D eigenvalue weighted by Gasteiger charge is 2.29. The van der Waals surface area contributed by atoms with Crippen molar-refractivity contribution in [2.24, 2.45) is 11.8 Å². The second-order valence-electron chi connectivity index (χ2n) is 4.71. The van der Waals surface area contributed by atoms with Crippen LogP contribution in [0.4, 0.5) is 0 Å². The smallest absolute Gasteiger partial charge is 0.0629 e. The molecule has 0 aromatic rings. The minimum atomic E-state index is 0.438. The van der Waals surface area contributed by atoms with E-state index in [4.69, 9.17) is 4.74 Å². The van der Waals surface area contributed by atoms with Crippen LogP contribution in [0.1, 0.15) is 53.4 Å². The van der Waals surface area contributed by atoms with E-state index in [0.29, 0.717) is 12.2 Å². The molecule has 0 spiro atoms. The third-order valence-corrected chi connectivity index (χ3v) is 3.40. The summed E-state index contributed by atoms with van der Waals surface area (Å²) in [6, 6.07) is 0. The van der Waals surface area contributed by atoms with Crippen molar-refractivity contribution in [2.45, 2.75) is 65.6 Å². The first-order valence-corrected chi connectivity index (χ1v) is 5.80. The molecule has 0 amide bonds. The molecule has 3 unspecified atom stereocenters. The van der Waals surface area contributed by atoms with E-state index >= 15 is 0 Å². The van der Waals surface area contributed by atoms with Gasteiger partial charge in [-0.1, -0.05) is 27.2 Å². The van der Waals surface area contributed by atoms with Gasteiger partial charge in [0.1, 0.15) is 0 Å². The second-order valence-corrected chi connectivity index (χ2v) is 4.71. The third kappa shape index (κ3) is 2.98. The summed E-state index contributed by atoms with van der Waals surface area (Å²) in [6.45, 7) is 9.06. The van der Waals surface area contributed by atoms with E-state index in [1.54, 1.807) is 0 Å². The van der Waals surface area contributed by atoms with Crippen LogP contribution in [0, 0.1) is 11.8 Å². The number of rotatable bonds is 3. The van der Waals surface area contributed by atoms with Crippen LogP contribution in [0.15, 0.2) is 0 Å². The van der Waals surface area contributed by atoms with E-state index in [9.17, 15) is 0 Å². The monoisotopic (exact) mass is 184 g/mol. The molecule has 0 aromatic heterocycles. The molecule has 1 heteroatoms. The van der Waals surface area contributed by atoms with Crippen molar-refractivity contribution in [1.82, 2.24) is 0 Å². The van der Waals surface area contributed by atoms with E-state index in [-0.39, 0.29) is 0 Å². The van der Waals surface area contributed by atoms with Crippen LogP contribution in [0.2, 0.25) is 0 Å². The lowest BCUT2D eigenvalue weighted by atomic mass is 9.80. The molecule has 0 radical (unpaired) electrons. The lowest BCUT2D eigenvalue weighted by Gasteiger charge is -2.36. The molecule has 1 nitrogen and oxygen atoms in total. The second kappa shape index (κ2) is 4.99. The average molecular weight is 184 g/mol. The fourth-order valence-corrected chi connectivity index (χ4v) is 2.28. The van der Waals surface area contributed by atoms with E-state index < -0.39 is 0 Å². The molecular formula is C12H24O. The van der Waals surface area contributed by atoms with Gasteiger partial charge in [-0.3, -0.25) is 0 Å². The van der Waals surface area contributed by atoms with Crippen molar-refractivity contribution >= 4 is 0 Å². The summed E-state index contributed by atoms with van der Waals surface area (Å²) in [5, 5.41) is 0. The van der Waals surface area contributed by atoms with Gasteiger partial charge in [0.25, 0.3) is 0 Å². The van der Waals surface area contributed by atoms with Gasteiger partial charge in [0.05, 0.1) is 12.2 Å². The highest BCUT2D eigenvalue weighted by atomic mass is 16.5. The fourth-order valence-electron chi connectivity index (χ4n) is 2.28. The fraction of sp³-hybridized carbons (Fsp3) is 1.00. The third-order valence-electron chi connectivity index (χ3n) is 3.40. The Labute approximate surface area is 82.9 Å². The summed E-state index contributed by atoms with van der Waals surface area (Å²) in [5.41, 5.74) is 0. The van der Waals surface area contributed by atoms with Crippen LogP contribution in [0.25, 0.3) is 0 Å². The van der Waals surface area contributed by atoms with Crippen LogP contribution in [0.5, 0.6) is 0 Å². The minimum Gasteiger partial charge on any atom is -0.375 e. The van der Waals surface area contributed by atoms with Gasteiger partial charge in [-0.15, -0.1) is 0 Å². The predicted molar refractivity (Wildman–Crippen MR) is 56.8 cm³/mol. The Morgan fingerprint density at radius 1 is 1.23 bits per heavy atom. The Bertz CT molecular complexity index is 134. The molecule has 78 valence electrons. The van der Waals surface area contributed by atoms with Gasteiger partial charge in [-0.2, -0.15) is 0 Å². The molecule has 0 N–H and O–H groups in total. The topological polar surface area (TPSA) is 9.23 Å². The van der Waals surface area contributed by atoms with Gasteiger partial charge in [0.2, 0.25) is 0 Å². The molecule has 1 saturated carbocycles. The Morgan fingerprint density at radius 2 is 1.77 bits per heavy atom. The molecule has 1 aliphatic rings.